The molecule has 6 N–H and O–H groups in total. The van der Waals surface area contributed by atoms with Crippen LogP contribution in [0.4, 0.5) is 4.79 Å². The van der Waals surface area contributed by atoms with Crippen LogP contribution in [-0.4, -0.2) is 90.6 Å². The monoisotopic (exact) mass is 1080 g/mol. The molecule has 6 amide bonds. The Balaban J connectivity index is 0.000000889. The number of rotatable bonds is 22. The molecule has 8 rings (SSSR count). The van der Waals surface area contributed by atoms with Crippen molar-refractivity contribution in [1.29, 1.82) is 0 Å². The molecular formula is C62H92N6O10. The van der Waals surface area contributed by atoms with Gasteiger partial charge in [0, 0.05) is 75.5 Å². The van der Waals surface area contributed by atoms with Crippen LogP contribution in [0, 0.1) is 35.5 Å². The Morgan fingerprint density at radius 2 is 0.679 bits per heavy atom. The number of benzene rings is 2. The van der Waals surface area contributed by atoms with Gasteiger partial charge < -0.3 is 46.1 Å². The van der Waals surface area contributed by atoms with Gasteiger partial charge in [-0.2, -0.15) is 0 Å². The van der Waals surface area contributed by atoms with Gasteiger partial charge in [0.05, 0.1) is 13.0 Å². The number of hydrogen-bond donors (Lipinski definition) is 6. The van der Waals surface area contributed by atoms with E-state index in [9.17, 15) is 33.6 Å². The minimum atomic E-state index is -0.589. The Morgan fingerprint density at radius 3 is 0.974 bits per heavy atom. The summed E-state index contributed by atoms with van der Waals surface area (Å²) in [6.07, 6.45) is 17.5. The third-order valence-electron chi connectivity index (χ3n) is 17.5. The highest BCUT2D eigenvalue weighted by Crippen LogP contribution is 2.36. The van der Waals surface area contributed by atoms with Crippen LogP contribution in [0.15, 0.2) is 60.7 Å². The van der Waals surface area contributed by atoms with Crippen molar-refractivity contribution in [3.63, 3.8) is 0 Å². The predicted molar refractivity (Wildman–Crippen MR) is 298 cm³/mol. The Labute approximate surface area is 463 Å². The summed E-state index contributed by atoms with van der Waals surface area (Å²) in [7, 11) is 1.70. The van der Waals surface area contributed by atoms with Gasteiger partial charge in [0.2, 0.25) is 29.5 Å². The van der Waals surface area contributed by atoms with E-state index in [-0.39, 0.29) is 120 Å². The van der Waals surface area contributed by atoms with Gasteiger partial charge in [0.15, 0.2) is 0 Å². The summed E-state index contributed by atoms with van der Waals surface area (Å²) in [5, 5.41) is 19.2. The highest BCUT2D eigenvalue weighted by atomic mass is 16.6. The van der Waals surface area contributed by atoms with Crippen molar-refractivity contribution in [3.05, 3.63) is 71.8 Å². The molecule has 12 atom stereocenters. The third-order valence-corrected chi connectivity index (χ3v) is 17.5. The van der Waals surface area contributed by atoms with Crippen LogP contribution in [0.2, 0.25) is 0 Å². The maximum Gasteiger partial charge on any atom is 0.407 e. The van der Waals surface area contributed by atoms with Crippen LogP contribution in [0.5, 0.6) is 0 Å². The lowest BCUT2D eigenvalue weighted by Crippen LogP contribution is -2.45. The average molecular weight is 1080 g/mol. The maximum atomic E-state index is 13.5. The lowest BCUT2D eigenvalue weighted by atomic mass is 9.94. The molecule has 6 aliphatic carbocycles. The number of hydrogen-bond acceptors (Lipinski definition) is 10. The average Bonchev–Trinajstić information content (AvgIpc) is 4.29. The van der Waals surface area contributed by atoms with Gasteiger partial charge in [0.25, 0.3) is 0 Å². The normalized spacial score (nSPS) is 28.4. The number of ether oxygens (including phenoxy) is 3. The van der Waals surface area contributed by atoms with Crippen molar-refractivity contribution < 1.29 is 47.8 Å². The molecule has 0 radical (unpaired) electrons. The Bertz CT molecular complexity index is 2260. The van der Waals surface area contributed by atoms with Gasteiger partial charge in [-0.15, -0.1) is 0 Å². The van der Waals surface area contributed by atoms with Crippen LogP contribution in [0.25, 0.3) is 0 Å². The molecule has 6 fully saturated rings. The molecule has 0 heterocycles. The van der Waals surface area contributed by atoms with Gasteiger partial charge in [-0.05, 0) is 144 Å². The number of nitrogens with one attached hydrogen (secondary N) is 6. The first kappa shape index (κ1) is 60.1. The molecule has 430 valence electrons. The van der Waals surface area contributed by atoms with Gasteiger partial charge >= 0.3 is 12.1 Å². The fourth-order valence-corrected chi connectivity index (χ4v) is 13.6. The predicted octanol–water partition coefficient (Wildman–Crippen LogP) is 9.02. The minimum Gasteiger partial charge on any atom is -0.461 e. The van der Waals surface area contributed by atoms with Crippen molar-refractivity contribution in [2.24, 2.45) is 35.5 Å². The van der Waals surface area contributed by atoms with E-state index in [0.29, 0.717) is 38.7 Å². The van der Waals surface area contributed by atoms with E-state index in [1.165, 1.54) is 5.56 Å². The standard InChI is InChI=1S/C54H82N6O9.C8H10O/c1-54(2,3)69-53(67)60-46-26-11-19-39(46)31-51(65)58-44-24-9-17-37(44)29-49(63)56-42-22-7-15-35(42)27-47(61)55-41-21-8-16-36(41)28-48(62)57-43-23-10-18-38(43)30-50(64)59-45-25-12-20-40(45)32-52(66)68-33-34-13-5-4-6-14-34;1-9-7-8-5-3-2-4-6-8/h4-6,13-14,35-46H,7-12,15-33H2,1-3H3,(H,55,61)(H,56,63)(H,57,62)(H,58,65)(H,59,64)(H,60,67);2-6H,7H2,1H3/t35-,36-,37-,38-,39-,40-,41+,42+,43+,44+,45+,46+;/m1./s1. The Morgan fingerprint density at radius 1 is 0.397 bits per heavy atom. The second kappa shape index (κ2) is 30.2. The summed E-state index contributed by atoms with van der Waals surface area (Å²) in [5.41, 5.74) is 1.58. The second-order valence-corrected chi connectivity index (χ2v) is 24.6. The molecule has 0 saturated heterocycles. The van der Waals surface area contributed by atoms with Crippen molar-refractivity contribution in [2.45, 2.75) is 230 Å². The summed E-state index contributed by atoms with van der Waals surface area (Å²) in [4.78, 5) is 92.2. The van der Waals surface area contributed by atoms with Crippen LogP contribution in [0.3, 0.4) is 0 Å². The van der Waals surface area contributed by atoms with Gasteiger partial charge in [-0.3, -0.25) is 28.8 Å². The van der Waals surface area contributed by atoms with E-state index < -0.39 is 11.7 Å². The van der Waals surface area contributed by atoms with Gasteiger partial charge in [-0.25, -0.2) is 4.79 Å². The van der Waals surface area contributed by atoms with Crippen molar-refractivity contribution in [1.82, 2.24) is 31.9 Å². The first-order chi connectivity index (χ1) is 37.6. The summed E-state index contributed by atoms with van der Waals surface area (Å²) in [6.45, 7) is 6.45. The third kappa shape index (κ3) is 19.7. The first-order valence-corrected chi connectivity index (χ1v) is 29.8. The Kier molecular flexibility index (Phi) is 23.3. The molecule has 2 aromatic rings. The molecule has 6 aliphatic rings. The zero-order valence-corrected chi connectivity index (χ0v) is 47.2. The van der Waals surface area contributed by atoms with Crippen molar-refractivity contribution in [3.8, 4) is 0 Å². The number of carbonyl (C=O) groups is 7. The summed E-state index contributed by atoms with van der Waals surface area (Å²) >= 11 is 0. The molecule has 2 aromatic carbocycles. The largest absolute Gasteiger partial charge is 0.461 e. The van der Waals surface area contributed by atoms with E-state index in [2.05, 4.69) is 31.9 Å². The van der Waals surface area contributed by atoms with E-state index in [1.54, 1.807) is 7.11 Å². The van der Waals surface area contributed by atoms with E-state index in [0.717, 1.165) is 121 Å². The SMILES string of the molecule is CC(C)(C)OC(=O)N[C@H]1CCC[C@@H]1CC(=O)N[C@H]1CCC[C@@H]1CC(=O)N[C@H]1CCC[C@@H]1CC(=O)N[C@H]1CCC[C@@H]1CC(=O)N[C@H]1CCC[C@@H]1CC(=O)N[C@H]1CCC[C@@H]1CC(=O)OCc1ccccc1.COCc1ccccc1. The molecule has 6 saturated carbocycles. The lowest BCUT2D eigenvalue weighted by Gasteiger charge is -2.27. The molecule has 0 bridgehead atoms. The van der Waals surface area contributed by atoms with E-state index in [1.807, 2.05) is 81.4 Å². The van der Waals surface area contributed by atoms with Crippen molar-refractivity contribution in [2.75, 3.05) is 7.11 Å². The fraction of sp³-hybridized carbons (Fsp3) is 0.694. The van der Waals surface area contributed by atoms with Gasteiger partial charge in [-0.1, -0.05) is 99.2 Å². The number of carbonyl (C=O) groups excluding carboxylic acids is 7. The van der Waals surface area contributed by atoms with E-state index >= 15 is 0 Å². The topological polar surface area (TPSA) is 219 Å². The molecule has 0 aromatic heterocycles. The number of amides is 6. The second-order valence-electron chi connectivity index (χ2n) is 24.6. The highest BCUT2D eigenvalue weighted by Gasteiger charge is 2.39. The Hall–Kier alpha value is -5.51. The highest BCUT2D eigenvalue weighted by molar-refractivity contribution is 5.80. The van der Waals surface area contributed by atoms with Crippen molar-refractivity contribution >= 4 is 41.6 Å². The van der Waals surface area contributed by atoms with Crippen LogP contribution in [0.1, 0.15) is 186 Å². The summed E-state index contributed by atoms with van der Waals surface area (Å²) < 4.78 is 15.9. The molecule has 16 nitrogen and oxygen atoms in total. The zero-order valence-electron chi connectivity index (χ0n) is 47.2. The number of alkyl carbamates (subject to hydrolysis) is 1. The fourth-order valence-electron chi connectivity index (χ4n) is 13.6. The molecule has 0 aliphatic heterocycles. The van der Waals surface area contributed by atoms with Crippen LogP contribution < -0.4 is 31.9 Å². The molecule has 78 heavy (non-hydrogen) atoms. The summed E-state index contributed by atoms with van der Waals surface area (Å²) in [5.74, 6) is -0.0802. The quantitative estimate of drug-likeness (QED) is 0.0615. The maximum absolute atomic E-state index is 13.5. The smallest absolute Gasteiger partial charge is 0.407 e. The first-order valence-electron chi connectivity index (χ1n) is 29.8. The van der Waals surface area contributed by atoms with Crippen LogP contribution >= 0.6 is 0 Å². The minimum absolute atomic E-state index is 0.0247. The van der Waals surface area contributed by atoms with E-state index in [4.69, 9.17) is 14.2 Å². The molecular weight excluding hydrogens is 989 g/mol. The summed E-state index contributed by atoms with van der Waals surface area (Å²) in [6, 6.07) is 19.3. The number of methoxy groups -OCH3 is 1. The van der Waals surface area contributed by atoms with Gasteiger partial charge in [0.1, 0.15) is 12.2 Å². The molecule has 16 heteroatoms. The molecule has 0 unspecified atom stereocenters. The zero-order chi connectivity index (χ0) is 55.4. The van der Waals surface area contributed by atoms with Crippen LogP contribution in [-0.2, 0) is 56.2 Å². The molecule has 0 spiro atoms. The lowest BCUT2D eigenvalue weighted by molar-refractivity contribution is -0.146. The number of esters is 1.